The van der Waals surface area contributed by atoms with Crippen LogP contribution in [0.2, 0.25) is 0 Å². The fourth-order valence-corrected chi connectivity index (χ4v) is 4.31. The fourth-order valence-electron chi connectivity index (χ4n) is 2.96. The van der Waals surface area contributed by atoms with Crippen molar-refractivity contribution in [2.45, 2.75) is 19.5 Å². The van der Waals surface area contributed by atoms with Gasteiger partial charge in [0, 0.05) is 40.9 Å². The van der Waals surface area contributed by atoms with E-state index in [4.69, 9.17) is 4.99 Å². The molecule has 0 aliphatic carbocycles. The lowest BCUT2D eigenvalue weighted by molar-refractivity contribution is 0.559. The largest absolute Gasteiger partial charge is 0.337 e. The van der Waals surface area contributed by atoms with Crippen molar-refractivity contribution in [3.63, 3.8) is 0 Å². The average molecular weight is 439 g/mol. The lowest BCUT2D eigenvalue weighted by atomic mass is 10.2. The molecule has 2 heterocycles. The maximum atomic E-state index is 4.88. The van der Waals surface area contributed by atoms with Gasteiger partial charge in [-0.2, -0.15) is 0 Å². The van der Waals surface area contributed by atoms with E-state index in [1.165, 1.54) is 11.3 Å². The predicted octanol–water partition coefficient (Wildman–Crippen LogP) is 5.50. The smallest absolute Gasteiger partial charge is 0.190 e. The van der Waals surface area contributed by atoms with Gasteiger partial charge in [-0.1, -0.05) is 46.3 Å². The number of imidazole rings is 1. The predicted molar refractivity (Wildman–Crippen MR) is 114 cm³/mol. The summed E-state index contributed by atoms with van der Waals surface area (Å²) in [6, 6.07) is 18.5. The normalized spacial score (nSPS) is 11.8. The number of hydrogen-bond donors (Lipinski definition) is 0. The van der Waals surface area contributed by atoms with Gasteiger partial charge in [0.05, 0.1) is 17.7 Å². The number of thiazole rings is 1. The van der Waals surface area contributed by atoms with Crippen LogP contribution < -0.4 is 4.80 Å². The first-order valence-electron chi connectivity index (χ1n) is 8.79. The highest BCUT2D eigenvalue weighted by molar-refractivity contribution is 9.10. The molecule has 0 aliphatic heterocycles. The summed E-state index contributed by atoms with van der Waals surface area (Å²) >= 11 is 5.27. The number of halogens is 1. The molecule has 4 rings (SSSR count). The third-order valence-electron chi connectivity index (χ3n) is 4.26. The number of para-hydroxylation sites is 1. The van der Waals surface area contributed by atoms with Crippen molar-refractivity contribution < 1.29 is 0 Å². The Balaban J connectivity index is 1.69. The molecular weight excluding hydrogens is 420 g/mol. The number of aromatic nitrogens is 3. The van der Waals surface area contributed by atoms with Gasteiger partial charge in [-0.05, 0) is 30.7 Å². The highest BCUT2D eigenvalue weighted by Gasteiger charge is 2.09. The first-order valence-corrected chi connectivity index (χ1v) is 10.5. The summed E-state index contributed by atoms with van der Waals surface area (Å²) in [5.41, 5.74) is 3.36. The summed E-state index contributed by atoms with van der Waals surface area (Å²) in [7, 11) is 0. The second-order valence-electron chi connectivity index (χ2n) is 6.17. The Morgan fingerprint density at radius 3 is 2.70 bits per heavy atom. The van der Waals surface area contributed by atoms with Crippen LogP contribution in [0.4, 0.5) is 5.69 Å². The van der Waals surface area contributed by atoms with Crippen LogP contribution in [0.1, 0.15) is 6.42 Å². The summed E-state index contributed by atoms with van der Waals surface area (Å²) < 4.78 is 5.51. The molecule has 0 unspecified atom stereocenters. The summed E-state index contributed by atoms with van der Waals surface area (Å²) in [5.74, 6) is 0. The Bertz CT molecular complexity index is 1070. The molecule has 4 nitrogen and oxygen atoms in total. The van der Waals surface area contributed by atoms with Crippen LogP contribution in [-0.4, -0.2) is 14.1 Å². The van der Waals surface area contributed by atoms with Crippen molar-refractivity contribution in [3.05, 3.63) is 88.0 Å². The molecule has 4 aromatic rings. The van der Waals surface area contributed by atoms with Crippen molar-refractivity contribution in [1.29, 1.82) is 0 Å². The van der Waals surface area contributed by atoms with E-state index in [0.717, 1.165) is 34.5 Å². The van der Waals surface area contributed by atoms with Crippen LogP contribution in [0, 0.1) is 0 Å². The highest BCUT2D eigenvalue weighted by Crippen LogP contribution is 2.24. The molecule has 6 heteroatoms. The summed E-state index contributed by atoms with van der Waals surface area (Å²) in [6.45, 7) is 1.83. The van der Waals surface area contributed by atoms with E-state index < -0.39 is 0 Å². The Kier molecular flexibility index (Phi) is 5.65. The maximum absolute atomic E-state index is 4.88. The van der Waals surface area contributed by atoms with Crippen LogP contribution in [-0.2, 0) is 13.1 Å². The Morgan fingerprint density at radius 1 is 1.04 bits per heavy atom. The van der Waals surface area contributed by atoms with E-state index in [2.05, 4.69) is 59.7 Å². The minimum Gasteiger partial charge on any atom is -0.337 e. The molecule has 0 N–H and O–H groups in total. The highest BCUT2D eigenvalue weighted by atomic mass is 79.9. The molecule has 0 bridgehead atoms. The molecule has 0 saturated heterocycles. The molecule has 2 aromatic heterocycles. The summed E-state index contributed by atoms with van der Waals surface area (Å²) in [6.07, 6.45) is 6.70. The minimum atomic E-state index is 0.898. The molecule has 27 heavy (non-hydrogen) atoms. The van der Waals surface area contributed by atoms with Crippen molar-refractivity contribution in [2.75, 3.05) is 0 Å². The van der Waals surface area contributed by atoms with Crippen molar-refractivity contribution in [3.8, 4) is 11.3 Å². The Hall–Kier alpha value is -2.44. The lowest BCUT2D eigenvalue weighted by Crippen LogP contribution is -2.17. The zero-order valence-corrected chi connectivity index (χ0v) is 17.1. The molecule has 0 spiro atoms. The standard InChI is InChI=1S/C21H19BrN4S/c22-18-7-4-6-17(14-18)20-15-27-21(24-19-8-2-1-3-9-19)26(20)12-5-11-25-13-10-23-16-25/h1-4,6-10,13-16H,5,11-12H2. The zero-order chi connectivity index (χ0) is 18.5. The number of benzene rings is 2. The van der Waals surface area contributed by atoms with E-state index >= 15 is 0 Å². The quantitative estimate of drug-likeness (QED) is 0.391. The van der Waals surface area contributed by atoms with Gasteiger partial charge in [0.1, 0.15) is 0 Å². The van der Waals surface area contributed by atoms with Crippen molar-refractivity contribution >= 4 is 33.0 Å². The summed E-state index contributed by atoms with van der Waals surface area (Å²) in [4.78, 5) is 10.0. The van der Waals surface area contributed by atoms with Gasteiger partial charge in [0.15, 0.2) is 4.80 Å². The first-order chi connectivity index (χ1) is 13.3. The zero-order valence-electron chi connectivity index (χ0n) is 14.7. The van der Waals surface area contributed by atoms with Gasteiger partial charge < -0.3 is 9.13 Å². The molecule has 136 valence electrons. The van der Waals surface area contributed by atoms with Gasteiger partial charge in [-0.15, -0.1) is 11.3 Å². The Labute approximate surface area is 170 Å². The minimum absolute atomic E-state index is 0.898. The van der Waals surface area contributed by atoms with Crippen LogP contribution in [0.25, 0.3) is 11.3 Å². The maximum Gasteiger partial charge on any atom is 0.190 e. The van der Waals surface area contributed by atoms with Crippen molar-refractivity contribution in [2.24, 2.45) is 4.99 Å². The number of hydrogen-bond acceptors (Lipinski definition) is 3. The topological polar surface area (TPSA) is 35.1 Å². The number of nitrogens with zero attached hydrogens (tertiary/aromatic N) is 4. The second-order valence-corrected chi connectivity index (χ2v) is 7.92. The van der Waals surface area contributed by atoms with Gasteiger partial charge in [0.25, 0.3) is 0 Å². The molecule has 0 saturated carbocycles. The van der Waals surface area contributed by atoms with Crippen LogP contribution in [0.3, 0.4) is 0 Å². The fraction of sp³-hybridized carbons (Fsp3) is 0.143. The second kappa shape index (κ2) is 8.50. The number of aryl methyl sites for hydroxylation is 1. The molecule has 0 atom stereocenters. The van der Waals surface area contributed by atoms with Gasteiger partial charge >= 0.3 is 0 Å². The molecule has 0 radical (unpaired) electrons. The first kappa shape index (κ1) is 17.9. The summed E-state index contributed by atoms with van der Waals surface area (Å²) in [5, 5.41) is 2.20. The number of rotatable bonds is 6. The third kappa shape index (κ3) is 4.46. The lowest BCUT2D eigenvalue weighted by Gasteiger charge is -2.10. The van der Waals surface area contributed by atoms with E-state index in [0.29, 0.717) is 0 Å². The molecular formula is C21H19BrN4S. The monoisotopic (exact) mass is 438 g/mol. The molecule has 0 fully saturated rings. The van der Waals surface area contributed by atoms with E-state index in [9.17, 15) is 0 Å². The molecule has 0 aliphatic rings. The van der Waals surface area contributed by atoms with E-state index in [1.807, 2.05) is 49.1 Å². The van der Waals surface area contributed by atoms with Crippen molar-refractivity contribution in [1.82, 2.24) is 14.1 Å². The van der Waals surface area contributed by atoms with Crippen LogP contribution in [0.5, 0.6) is 0 Å². The van der Waals surface area contributed by atoms with Gasteiger partial charge in [0.2, 0.25) is 0 Å². The third-order valence-corrected chi connectivity index (χ3v) is 5.61. The Morgan fingerprint density at radius 2 is 1.93 bits per heavy atom. The SMILES string of the molecule is Brc1cccc(-c2csc(=Nc3ccccc3)n2CCCn2ccnc2)c1. The van der Waals surface area contributed by atoms with Gasteiger partial charge in [-0.3, -0.25) is 0 Å². The molecule has 0 amide bonds. The van der Waals surface area contributed by atoms with E-state index in [-0.39, 0.29) is 0 Å². The van der Waals surface area contributed by atoms with Gasteiger partial charge in [-0.25, -0.2) is 9.98 Å². The van der Waals surface area contributed by atoms with Crippen LogP contribution >= 0.6 is 27.3 Å². The van der Waals surface area contributed by atoms with E-state index in [1.54, 1.807) is 11.3 Å². The van der Waals surface area contributed by atoms with Crippen LogP contribution in [0.15, 0.2) is 88.2 Å². The average Bonchev–Trinajstić information content (AvgIpc) is 3.33. The molecule has 2 aromatic carbocycles.